The van der Waals surface area contributed by atoms with Gasteiger partial charge in [0.05, 0.1) is 28.6 Å². The van der Waals surface area contributed by atoms with Crippen molar-refractivity contribution in [1.29, 1.82) is 5.26 Å². The van der Waals surface area contributed by atoms with E-state index in [-0.39, 0.29) is 5.60 Å². The van der Waals surface area contributed by atoms with Gasteiger partial charge in [-0.1, -0.05) is 0 Å². The van der Waals surface area contributed by atoms with E-state index >= 15 is 0 Å². The number of nitriles is 1. The Kier molecular flexibility index (Phi) is 3.75. The maximum absolute atomic E-state index is 8.70. The molecule has 0 aliphatic carbocycles. The quantitative estimate of drug-likeness (QED) is 0.759. The summed E-state index contributed by atoms with van der Waals surface area (Å²) < 4.78 is 5.29. The molecule has 0 spiro atoms. The van der Waals surface area contributed by atoms with Crippen LogP contribution in [-0.4, -0.2) is 19.3 Å². The van der Waals surface area contributed by atoms with E-state index in [1.165, 1.54) is 0 Å². The normalized spacial score (nSPS) is 10.9. The van der Waals surface area contributed by atoms with E-state index in [9.17, 15) is 0 Å². The van der Waals surface area contributed by atoms with E-state index in [0.29, 0.717) is 17.8 Å². The highest BCUT2D eigenvalue weighted by molar-refractivity contribution is 5.68. The molecule has 0 atom stereocenters. The molecule has 0 aliphatic rings. The summed E-state index contributed by atoms with van der Waals surface area (Å²) in [7, 11) is 1.67. The van der Waals surface area contributed by atoms with Crippen LogP contribution in [0.15, 0.2) is 18.2 Å². The third kappa shape index (κ3) is 3.14. The molecule has 4 heteroatoms. The topological polar surface area (TPSA) is 71.1 Å². The van der Waals surface area contributed by atoms with E-state index in [1.54, 1.807) is 25.3 Å². The number of hydrogen-bond acceptors (Lipinski definition) is 4. The first-order valence-corrected chi connectivity index (χ1v) is 5.07. The van der Waals surface area contributed by atoms with Gasteiger partial charge in [-0.15, -0.1) is 0 Å². The van der Waals surface area contributed by atoms with Crippen molar-refractivity contribution in [1.82, 2.24) is 0 Å². The van der Waals surface area contributed by atoms with Gasteiger partial charge in [0.2, 0.25) is 0 Å². The highest BCUT2D eigenvalue weighted by atomic mass is 16.5. The molecule has 0 amide bonds. The van der Waals surface area contributed by atoms with Crippen molar-refractivity contribution >= 4 is 11.4 Å². The third-order valence-corrected chi connectivity index (χ3v) is 2.44. The Bertz CT molecular complexity index is 407. The second kappa shape index (κ2) is 4.86. The maximum atomic E-state index is 8.70. The summed E-state index contributed by atoms with van der Waals surface area (Å²) in [5, 5.41) is 11.9. The van der Waals surface area contributed by atoms with Crippen LogP contribution in [0.4, 0.5) is 11.4 Å². The molecule has 0 fully saturated rings. The second-order valence-electron chi connectivity index (χ2n) is 4.23. The molecule has 0 bridgehead atoms. The lowest BCUT2D eigenvalue weighted by molar-refractivity contribution is 0.0344. The number of ether oxygens (including phenoxy) is 1. The monoisotopic (exact) mass is 219 g/mol. The molecule has 16 heavy (non-hydrogen) atoms. The SMILES string of the molecule is COC(C)(C)CNc1ccc(C#N)cc1N. The van der Waals surface area contributed by atoms with Gasteiger partial charge in [-0.05, 0) is 32.0 Å². The van der Waals surface area contributed by atoms with Gasteiger partial charge in [-0.25, -0.2) is 0 Å². The first kappa shape index (κ1) is 12.3. The van der Waals surface area contributed by atoms with Crippen LogP contribution in [0.25, 0.3) is 0 Å². The molecule has 0 unspecified atom stereocenters. The Morgan fingerprint density at radius 3 is 2.69 bits per heavy atom. The molecule has 0 aromatic heterocycles. The summed E-state index contributed by atoms with van der Waals surface area (Å²) in [6.07, 6.45) is 0. The molecule has 0 heterocycles. The van der Waals surface area contributed by atoms with Crippen molar-refractivity contribution in [3.63, 3.8) is 0 Å². The van der Waals surface area contributed by atoms with Crippen molar-refractivity contribution in [2.45, 2.75) is 19.4 Å². The number of benzene rings is 1. The number of nitrogens with one attached hydrogen (secondary N) is 1. The van der Waals surface area contributed by atoms with Gasteiger partial charge < -0.3 is 15.8 Å². The number of nitrogen functional groups attached to an aromatic ring is 1. The molecule has 3 N–H and O–H groups in total. The summed E-state index contributed by atoms with van der Waals surface area (Å²) in [6, 6.07) is 7.24. The van der Waals surface area contributed by atoms with Gasteiger partial charge in [0.15, 0.2) is 0 Å². The zero-order chi connectivity index (χ0) is 12.2. The van der Waals surface area contributed by atoms with Crippen LogP contribution in [0.5, 0.6) is 0 Å². The van der Waals surface area contributed by atoms with Crippen LogP contribution in [0.3, 0.4) is 0 Å². The van der Waals surface area contributed by atoms with Crippen LogP contribution < -0.4 is 11.1 Å². The fourth-order valence-electron chi connectivity index (χ4n) is 1.17. The van der Waals surface area contributed by atoms with Crippen molar-refractivity contribution in [2.75, 3.05) is 24.7 Å². The second-order valence-corrected chi connectivity index (χ2v) is 4.23. The van der Waals surface area contributed by atoms with Gasteiger partial charge in [0.25, 0.3) is 0 Å². The molecule has 0 radical (unpaired) electrons. The Morgan fingerprint density at radius 2 is 2.19 bits per heavy atom. The Hall–Kier alpha value is -1.73. The van der Waals surface area contributed by atoms with E-state index in [1.807, 2.05) is 19.9 Å². The van der Waals surface area contributed by atoms with Crippen LogP contribution in [0.1, 0.15) is 19.4 Å². The number of nitrogens with two attached hydrogens (primary N) is 1. The van der Waals surface area contributed by atoms with Crippen LogP contribution >= 0.6 is 0 Å². The van der Waals surface area contributed by atoms with E-state index < -0.39 is 0 Å². The molecular weight excluding hydrogens is 202 g/mol. The Morgan fingerprint density at radius 1 is 1.50 bits per heavy atom. The lowest BCUT2D eigenvalue weighted by Gasteiger charge is -2.24. The minimum atomic E-state index is -0.250. The van der Waals surface area contributed by atoms with E-state index in [0.717, 1.165) is 5.69 Å². The number of methoxy groups -OCH3 is 1. The Balaban J connectivity index is 2.73. The van der Waals surface area contributed by atoms with Crippen molar-refractivity contribution < 1.29 is 4.74 Å². The summed E-state index contributed by atoms with van der Waals surface area (Å²) in [4.78, 5) is 0. The summed E-state index contributed by atoms with van der Waals surface area (Å²) in [6.45, 7) is 4.62. The molecular formula is C12H17N3O. The molecule has 0 saturated heterocycles. The summed E-state index contributed by atoms with van der Waals surface area (Å²) in [5.41, 5.74) is 7.53. The van der Waals surface area contributed by atoms with Crippen LogP contribution in [0.2, 0.25) is 0 Å². The lowest BCUT2D eigenvalue weighted by Crippen LogP contribution is -2.32. The zero-order valence-corrected chi connectivity index (χ0v) is 9.87. The highest BCUT2D eigenvalue weighted by Crippen LogP contribution is 2.20. The van der Waals surface area contributed by atoms with Crippen molar-refractivity contribution in [2.24, 2.45) is 0 Å². The van der Waals surface area contributed by atoms with E-state index in [4.69, 9.17) is 15.7 Å². The highest BCUT2D eigenvalue weighted by Gasteiger charge is 2.16. The van der Waals surface area contributed by atoms with Gasteiger partial charge in [0, 0.05) is 13.7 Å². The Labute approximate surface area is 96.0 Å². The average molecular weight is 219 g/mol. The smallest absolute Gasteiger partial charge is 0.0992 e. The minimum absolute atomic E-state index is 0.250. The van der Waals surface area contributed by atoms with Gasteiger partial charge in [0.1, 0.15) is 0 Å². The number of anilines is 2. The van der Waals surface area contributed by atoms with Crippen molar-refractivity contribution in [3.8, 4) is 6.07 Å². The number of hydrogen-bond donors (Lipinski definition) is 2. The van der Waals surface area contributed by atoms with Crippen LogP contribution in [-0.2, 0) is 4.74 Å². The summed E-state index contributed by atoms with van der Waals surface area (Å²) in [5.74, 6) is 0. The third-order valence-electron chi connectivity index (χ3n) is 2.44. The molecule has 1 aromatic rings. The molecule has 1 rings (SSSR count). The van der Waals surface area contributed by atoms with Gasteiger partial charge in [-0.2, -0.15) is 5.26 Å². The zero-order valence-electron chi connectivity index (χ0n) is 9.87. The van der Waals surface area contributed by atoms with Gasteiger partial charge in [-0.3, -0.25) is 0 Å². The van der Waals surface area contributed by atoms with Crippen molar-refractivity contribution in [3.05, 3.63) is 23.8 Å². The summed E-state index contributed by atoms with van der Waals surface area (Å²) >= 11 is 0. The maximum Gasteiger partial charge on any atom is 0.0992 e. The average Bonchev–Trinajstić information content (AvgIpc) is 2.27. The lowest BCUT2D eigenvalue weighted by atomic mass is 10.1. The molecule has 1 aromatic carbocycles. The largest absolute Gasteiger partial charge is 0.397 e. The predicted molar refractivity (Wildman–Crippen MR) is 65.1 cm³/mol. The first-order valence-electron chi connectivity index (χ1n) is 5.07. The number of nitrogens with zero attached hydrogens (tertiary/aromatic N) is 1. The predicted octanol–water partition coefficient (Wildman–Crippen LogP) is 1.98. The molecule has 0 saturated carbocycles. The minimum Gasteiger partial charge on any atom is -0.397 e. The molecule has 86 valence electrons. The molecule has 4 nitrogen and oxygen atoms in total. The number of rotatable bonds is 4. The van der Waals surface area contributed by atoms with Crippen LogP contribution in [0, 0.1) is 11.3 Å². The molecule has 0 aliphatic heterocycles. The fraction of sp³-hybridized carbons (Fsp3) is 0.417. The fourth-order valence-corrected chi connectivity index (χ4v) is 1.17. The first-order chi connectivity index (χ1) is 7.48. The van der Waals surface area contributed by atoms with E-state index in [2.05, 4.69) is 5.32 Å². The van der Waals surface area contributed by atoms with Gasteiger partial charge >= 0.3 is 0 Å². The standard InChI is InChI=1S/C12H17N3O/c1-12(2,16-3)8-15-11-5-4-9(7-13)6-10(11)14/h4-6,15H,8,14H2,1-3H3.